The van der Waals surface area contributed by atoms with E-state index >= 15 is 0 Å². The Hall–Kier alpha value is -4.52. The van der Waals surface area contributed by atoms with Crippen molar-refractivity contribution in [2.75, 3.05) is 11.1 Å². The second-order valence-corrected chi connectivity index (χ2v) is 7.86. The Morgan fingerprint density at radius 3 is 2.67 bits per heavy atom. The minimum Gasteiger partial charge on any atom is -0.399 e. The maximum absolute atomic E-state index is 12.5. The van der Waals surface area contributed by atoms with Crippen molar-refractivity contribution in [1.82, 2.24) is 19.9 Å². The van der Waals surface area contributed by atoms with Crippen LogP contribution in [0.2, 0.25) is 0 Å². The number of nitrogens with one attached hydrogen (secondary N) is 2. The lowest BCUT2D eigenvalue weighted by atomic mass is 10.0. The molecule has 0 spiro atoms. The number of hydrogen-bond acceptors (Lipinski definition) is 5. The fourth-order valence-electron chi connectivity index (χ4n) is 3.76. The summed E-state index contributed by atoms with van der Waals surface area (Å²) in [5.41, 5.74) is 13.3. The number of aromatic amines is 1. The van der Waals surface area contributed by atoms with Crippen molar-refractivity contribution in [2.45, 2.75) is 13.3 Å². The third-order valence-electron chi connectivity index (χ3n) is 5.51. The zero-order chi connectivity index (χ0) is 22.8. The Balaban J connectivity index is 1.40. The molecule has 7 nitrogen and oxygen atoms in total. The molecule has 162 valence electrons. The second-order valence-electron chi connectivity index (χ2n) is 7.86. The SMILES string of the molecule is Cc1cc(NC(=O)c2ccc(N)cc2)ccc1Cc1nc(-c2cccnc2)c2[nH]ccc2n1. The van der Waals surface area contributed by atoms with Gasteiger partial charge >= 0.3 is 0 Å². The quantitative estimate of drug-likeness (QED) is 0.346. The van der Waals surface area contributed by atoms with Crippen molar-refractivity contribution >= 4 is 28.3 Å². The molecule has 0 aliphatic heterocycles. The number of carbonyl (C=O) groups is 1. The van der Waals surface area contributed by atoms with E-state index in [2.05, 4.69) is 15.3 Å². The van der Waals surface area contributed by atoms with Crippen LogP contribution < -0.4 is 11.1 Å². The molecule has 0 radical (unpaired) electrons. The molecule has 3 heterocycles. The molecule has 7 heteroatoms. The first-order valence-electron chi connectivity index (χ1n) is 10.6. The number of amides is 1. The van der Waals surface area contributed by atoms with E-state index in [1.54, 1.807) is 36.7 Å². The molecule has 0 fully saturated rings. The highest BCUT2D eigenvalue weighted by molar-refractivity contribution is 6.04. The van der Waals surface area contributed by atoms with Crippen molar-refractivity contribution in [1.29, 1.82) is 0 Å². The van der Waals surface area contributed by atoms with Gasteiger partial charge in [-0.05, 0) is 72.6 Å². The first-order chi connectivity index (χ1) is 16.1. The molecule has 0 saturated carbocycles. The Morgan fingerprint density at radius 1 is 1.06 bits per heavy atom. The van der Waals surface area contributed by atoms with Crippen LogP contribution in [0.1, 0.15) is 27.3 Å². The highest BCUT2D eigenvalue weighted by atomic mass is 16.1. The van der Waals surface area contributed by atoms with E-state index in [0.29, 0.717) is 17.7 Å². The number of carbonyl (C=O) groups excluding carboxylic acids is 1. The lowest BCUT2D eigenvalue weighted by Crippen LogP contribution is -2.12. The van der Waals surface area contributed by atoms with Crippen molar-refractivity contribution in [3.63, 3.8) is 0 Å². The summed E-state index contributed by atoms with van der Waals surface area (Å²) in [5, 5.41) is 2.94. The van der Waals surface area contributed by atoms with Gasteiger partial charge in [-0.2, -0.15) is 0 Å². The monoisotopic (exact) mass is 434 g/mol. The van der Waals surface area contributed by atoms with Gasteiger partial charge in [0.15, 0.2) is 0 Å². The maximum Gasteiger partial charge on any atom is 0.255 e. The van der Waals surface area contributed by atoms with Gasteiger partial charge in [-0.3, -0.25) is 9.78 Å². The Bertz CT molecular complexity index is 1440. The molecule has 1 amide bonds. The molecule has 0 aliphatic carbocycles. The Labute approximate surface area is 190 Å². The normalized spacial score (nSPS) is 10.9. The Morgan fingerprint density at radius 2 is 1.91 bits per heavy atom. The molecular weight excluding hydrogens is 412 g/mol. The van der Waals surface area contributed by atoms with Crippen molar-refractivity contribution in [2.24, 2.45) is 0 Å². The second kappa shape index (κ2) is 8.55. The van der Waals surface area contributed by atoms with E-state index in [4.69, 9.17) is 15.7 Å². The van der Waals surface area contributed by atoms with Crippen LogP contribution in [-0.2, 0) is 6.42 Å². The summed E-state index contributed by atoms with van der Waals surface area (Å²) >= 11 is 0. The maximum atomic E-state index is 12.5. The van der Waals surface area contributed by atoms with Crippen molar-refractivity contribution in [3.8, 4) is 11.3 Å². The summed E-state index contributed by atoms with van der Waals surface area (Å²) in [6.45, 7) is 2.02. The number of nitrogens with two attached hydrogens (primary N) is 1. The van der Waals surface area contributed by atoms with Crippen LogP contribution in [0, 0.1) is 6.92 Å². The van der Waals surface area contributed by atoms with E-state index in [9.17, 15) is 4.79 Å². The number of nitrogen functional groups attached to an aromatic ring is 1. The summed E-state index contributed by atoms with van der Waals surface area (Å²) in [6, 6.07) is 18.5. The van der Waals surface area contributed by atoms with Gasteiger partial charge in [-0.1, -0.05) is 6.07 Å². The van der Waals surface area contributed by atoms with Crippen molar-refractivity contribution in [3.05, 3.63) is 102 Å². The summed E-state index contributed by atoms with van der Waals surface area (Å²) in [4.78, 5) is 29.5. The number of aryl methyl sites for hydroxylation is 1. The lowest BCUT2D eigenvalue weighted by molar-refractivity contribution is 0.102. The number of fused-ring (bicyclic) bond motifs is 1. The van der Waals surface area contributed by atoms with Gasteiger partial charge in [0, 0.05) is 47.5 Å². The fraction of sp³-hybridized carbons (Fsp3) is 0.0769. The van der Waals surface area contributed by atoms with Crippen LogP contribution in [0.3, 0.4) is 0 Å². The number of rotatable bonds is 5. The van der Waals surface area contributed by atoms with Crippen molar-refractivity contribution < 1.29 is 4.79 Å². The molecule has 33 heavy (non-hydrogen) atoms. The average molecular weight is 435 g/mol. The third-order valence-corrected chi connectivity index (χ3v) is 5.51. The third kappa shape index (κ3) is 4.29. The van der Waals surface area contributed by atoms with E-state index in [1.165, 1.54) is 0 Å². The van der Waals surface area contributed by atoms with Gasteiger partial charge in [0.1, 0.15) is 5.82 Å². The highest BCUT2D eigenvalue weighted by Crippen LogP contribution is 2.26. The number of H-pyrrole nitrogens is 1. The van der Waals surface area contributed by atoms with Gasteiger partial charge in [0.25, 0.3) is 5.91 Å². The topological polar surface area (TPSA) is 110 Å². The summed E-state index contributed by atoms with van der Waals surface area (Å²) in [6.07, 6.45) is 5.99. The molecular formula is C26H22N6O. The van der Waals surface area contributed by atoms with Crippen LogP contribution in [0.4, 0.5) is 11.4 Å². The number of anilines is 2. The van der Waals surface area contributed by atoms with Gasteiger partial charge < -0.3 is 16.0 Å². The zero-order valence-electron chi connectivity index (χ0n) is 18.0. The summed E-state index contributed by atoms with van der Waals surface area (Å²) in [7, 11) is 0. The average Bonchev–Trinajstić information content (AvgIpc) is 3.30. The minimum atomic E-state index is -0.176. The number of nitrogens with zero attached hydrogens (tertiary/aromatic N) is 3. The molecule has 0 saturated heterocycles. The van der Waals surface area contributed by atoms with Crippen LogP contribution in [0.5, 0.6) is 0 Å². The van der Waals surface area contributed by atoms with Crippen LogP contribution >= 0.6 is 0 Å². The fourth-order valence-corrected chi connectivity index (χ4v) is 3.76. The first kappa shape index (κ1) is 20.4. The molecule has 4 N–H and O–H groups in total. The molecule has 2 aromatic carbocycles. The minimum absolute atomic E-state index is 0.176. The molecule has 0 aliphatic rings. The Kier molecular flexibility index (Phi) is 5.28. The highest BCUT2D eigenvalue weighted by Gasteiger charge is 2.13. The number of hydrogen-bond donors (Lipinski definition) is 3. The zero-order valence-corrected chi connectivity index (χ0v) is 18.0. The predicted octanol–water partition coefficient (Wildman–Crippen LogP) is 4.75. The molecule has 0 bridgehead atoms. The predicted molar refractivity (Wildman–Crippen MR) is 130 cm³/mol. The van der Waals surface area contributed by atoms with Crippen LogP contribution in [0.25, 0.3) is 22.3 Å². The molecule has 3 aromatic heterocycles. The molecule has 5 rings (SSSR count). The molecule has 0 atom stereocenters. The van der Waals surface area contributed by atoms with E-state index in [0.717, 1.165) is 44.9 Å². The molecule has 5 aromatic rings. The lowest BCUT2D eigenvalue weighted by Gasteiger charge is -2.11. The van der Waals surface area contributed by atoms with Gasteiger partial charge in [-0.25, -0.2) is 9.97 Å². The van der Waals surface area contributed by atoms with Crippen LogP contribution in [-0.4, -0.2) is 25.8 Å². The van der Waals surface area contributed by atoms with Gasteiger partial charge in [-0.15, -0.1) is 0 Å². The van der Waals surface area contributed by atoms with Gasteiger partial charge in [0.05, 0.1) is 16.7 Å². The number of benzene rings is 2. The largest absolute Gasteiger partial charge is 0.399 e. The van der Waals surface area contributed by atoms with Gasteiger partial charge in [0.2, 0.25) is 0 Å². The molecule has 0 unspecified atom stereocenters. The summed E-state index contributed by atoms with van der Waals surface area (Å²) < 4.78 is 0. The van der Waals surface area contributed by atoms with E-state index < -0.39 is 0 Å². The standard InChI is InChI=1S/C26H22N6O/c1-16-13-21(30-26(33)17-4-7-20(27)8-5-17)9-6-18(16)14-23-31-22-10-12-29-25(22)24(32-23)19-3-2-11-28-15-19/h2-13,15,29H,14,27H2,1H3,(H,30,33). The van der Waals surface area contributed by atoms with Crippen LogP contribution in [0.15, 0.2) is 79.3 Å². The number of pyridine rings is 1. The smallest absolute Gasteiger partial charge is 0.255 e. The summed E-state index contributed by atoms with van der Waals surface area (Å²) in [5.74, 6) is 0.548. The number of aromatic nitrogens is 4. The van der Waals surface area contributed by atoms with E-state index in [-0.39, 0.29) is 5.91 Å². The van der Waals surface area contributed by atoms with E-state index in [1.807, 2.05) is 49.5 Å². The first-order valence-corrected chi connectivity index (χ1v) is 10.6.